The van der Waals surface area contributed by atoms with Crippen LogP contribution in [0.15, 0.2) is 46.4 Å². The highest BCUT2D eigenvalue weighted by molar-refractivity contribution is 7.13. The second-order valence-corrected chi connectivity index (χ2v) is 8.61. The van der Waals surface area contributed by atoms with Crippen molar-refractivity contribution in [1.29, 1.82) is 0 Å². The highest BCUT2D eigenvalue weighted by Crippen LogP contribution is 2.31. The third-order valence-corrected chi connectivity index (χ3v) is 6.48. The average molecular weight is 473 g/mol. The van der Waals surface area contributed by atoms with Gasteiger partial charge in [0.05, 0.1) is 32.8 Å². The molecule has 0 N–H and O–H groups in total. The Kier molecular flexibility index (Phi) is 5.28. The zero-order valence-corrected chi connectivity index (χ0v) is 18.3. The van der Waals surface area contributed by atoms with Crippen LogP contribution in [0, 0.1) is 6.92 Å². The molecule has 5 rings (SSSR count). The van der Waals surface area contributed by atoms with Crippen molar-refractivity contribution in [2.45, 2.75) is 13.1 Å². The molecule has 33 heavy (non-hydrogen) atoms. The van der Waals surface area contributed by atoms with Crippen LogP contribution in [0.3, 0.4) is 0 Å². The molecule has 0 spiro atoms. The number of nitrogens with zero attached hydrogens (tertiary/aromatic N) is 5. The Morgan fingerprint density at radius 3 is 2.58 bits per heavy atom. The fraction of sp³-hybridized carbons (Fsp3) is 0.273. The summed E-state index contributed by atoms with van der Waals surface area (Å²) < 4.78 is 43.7. The SMILES string of the molecule is Cc1noc2nc(-c3cccs3)cc(C(=O)N3CCN(c4ccc(C(F)(F)F)cn4)CC3)c12. The van der Waals surface area contributed by atoms with E-state index in [1.165, 1.54) is 17.4 Å². The van der Waals surface area contributed by atoms with Gasteiger partial charge in [-0.25, -0.2) is 9.97 Å². The van der Waals surface area contributed by atoms with Crippen LogP contribution in [0.5, 0.6) is 0 Å². The maximum atomic E-state index is 13.5. The second kappa shape index (κ2) is 8.14. The summed E-state index contributed by atoms with van der Waals surface area (Å²) in [6, 6.07) is 7.99. The van der Waals surface area contributed by atoms with Crippen molar-refractivity contribution in [3.63, 3.8) is 0 Å². The molecule has 11 heteroatoms. The molecule has 1 fully saturated rings. The molecule has 1 saturated heterocycles. The van der Waals surface area contributed by atoms with E-state index in [0.717, 1.165) is 17.1 Å². The number of rotatable bonds is 3. The molecule has 170 valence electrons. The molecule has 0 unspecified atom stereocenters. The lowest BCUT2D eigenvalue weighted by atomic mass is 10.1. The number of fused-ring (bicyclic) bond motifs is 1. The monoisotopic (exact) mass is 473 g/mol. The number of carbonyl (C=O) groups is 1. The number of amides is 1. The Morgan fingerprint density at radius 2 is 1.94 bits per heavy atom. The van der Waals surface area contributed by atoms with Crippen LogP contribution < -0.4 is 4.90 Å². The molecule has 1 amide bonds. The van der Waals surface area contributed by atoms with Crippen LogP contribution in [-0.4, -0.2) is 52.1 Å². The quantitative estimate of drug-likeness (QED) is 0.432. The van der Waals surface area contributed by atoms with Crippen molar-refractivity contribution in [3.05, 3.63) is 58.7 Å². The predicted octanol–water partition coefficient (Wildman–Crippen LogP) is 4.64. The van der Waals surface area contributed by atoms with Crippen molar-refractivity contribution in [3.8, 4) is 10.6 Å². The van der Waals surface area contributed by atoms with Crippen LogP contribution in [0.25, 0.3) is 21.7 Å². The van der Waals surface area contributed by atoms with Crippen molar-refractivity contribution >= 4 is 34.2 Å². The zero-order valence-electron chi connectivity index (χ0n) is 17.5. The normalized spacial score (nSPS) is 14.8. The smallest absolute Gasteiger partial charge is 0.353 e. The molecule has 0 atom stereocenters. The number of aromatic nitrogens is 3. The first-order chi connectivity index (χ1) is 15.8. The molecule has 0 aromatic carbocycles. The molecule has 1 aliphatic rings. The Hall–Kier alpha value is -3.47. The van der Waals surface area contributed by atoms with Crippen molar-refractivity contribution < 1.29 is 22.5 Å². The Bertz CT molecular complexity index is 1290. The van der Waals surface area contributed by atoms with Gasteiger partial charge in [-0.15, -0.1) is 11.3 Å². The number of thiophene rings is 1. The fourth-order valence-corrected chi connectivity index (χ4v) is 4.55. The second-order valence-electron chi connectivity index (χ2n) is 7.66. The minimum atomic E-state index is -4.42. The first kappa shape index (κ1) is 21.4. The number of piperazine rings is 1. The first-order valence-electron chi connectivity index (χ1n) is 10.2. The van der Waals surface area contributed by atoms with E-state index in [9.17, 15) is 18.0 Å². The van der Waals surface area contributed by atoms with Gasteiger partial charge < -0.3 is 14.3 Å². The topological polar surface area (TPSA) is 75.4 Å². The summed E-state index contributed by atoms with van der Waals surface area (Å²) in [5.41, 5.74) is 1.24. The van der Waals surface area contributed by atoms with Gasteiger partial charge in [0, 0.05) is 32.4 Å². The third-order valence-electron chi connectivity index (χ3n) is 5.59. The van der Waals surface area contributed by atoms with E-state index in [4.69, 9.17) is 4.52 Å². The maximum Gasteiger partial charge on any atom is 0.417 e. The highest BCUT2D eigenvalue weighted by Gasteiger charge is 2.31. The summed E-state index contributed by atoms with van der Waals surface area (Å²) in [5.74, 6) is 0.294. The fourth-order valence-electron chi connectivity index (χ4n) is 3.86. The van der Waals surface area contributed by atoms with E-state index in [-0.39, 0.29) is 5.91 Å². The molecule has 0 bridgehead atoms. The van der Waals surface area contributed by atoms with Crippen LogP contribution >= 0.6 is 11.3 Å². The first-order valence-corrected chi connectivity index (χ1v) is 11.1. The van der Waals surface area contributed by atoms with Crippen molar-refractivity contribution in [1.82, 2.24) is 20.0 Å². The highest BCUT2D eigenvalue weighted by atomic mass is 32.1. The van der Waals surface area contributed by atoms with E-state index in [2.05, 4.69) is 15.1 Å². The van der Waals surface area contributed by atoms with Crippen LogP contribution in [-0.2, 0) is 6.18 Å². The number of pyridine rings is 2. The predicted molar refractivity (Wildman–Crippen MR) is 117 cm³/mol. The molecule has 5 heterocycles. The van der Waals surface area contributed by atoms with E-state index in [1.807, 2.05) is 22.4 Å². The number of carbonyl (C=O) groups excluding carboxylic acids is 1. The van der Waals surface area contributed by atoms with Crippen LogP contribution in [0.2, 0.25) is 0 Å². The van der Waals surface area contributed by atoms with Gasteiger partial charge in [0.15, 0.2) is 0 Å². The van der Waals surface area contributed by atoms with E-state index < -0.39 is 11.7 Å². The summed E-state index contributed by atoms with van der Waals surface area (Å²) in [6.45, 7) is 3.49. The summed E-state index contributed by atoms with van der Waals surface area (Å²) in [4.78, 5) is 26.4. The molecule has 1 aliphatic heterocycles. The van der Waals surface area contributed by atoms with Gasteiger partial charge >= 0.3 is 6.18 Å². The van der Waals surface area contributed by atoms with Crippen molar-refractivity contribution in [2.24, 2.45) is 0 Å². The van der Waals surface area contributed by atoms with Gasteiger partial charge in [-0.3, -0.25) is 4.79 Å². The maximum absolute atomic E-state index is 13.5. The summed E-state index contributed by atoms with van der Waals surface area (Å²) in [5, 5.41) is 6.50. The molecule has 4 aromatic heterocycles. The average Bonchev–Trinajstić information content (AvgIpc) is 3.48. The third kappa shape index (κ3) is 4.04. The number of hydrogen-bond acceptors (Lipinski definition) is 7. The number of anilines is 1. The minimum Gasteiger partial charge on any atom is -0.353 e. The molecule has 0 aliphatic carbocycles. The molecule has 0 saturated carbocycles. The Morgan fingerprint density at radius 1 is 1.15 bits per heavy atom. The minimum absolute atomic E-state index is 0.161. The lowest BCUT2D eigenvalue weighted by Crippen LogP contribution is -2.49. The molecule has 0 radical (unpaired) electrons. The Balaban J connectivity index is 1.36. The molecular formula is C22H18F3N5O2S. The standard InChI is InChI=1S/C22H18F3N5O2S/c1-13-19-15(11-16(17-3-2-10-33-17)27-20(19)32-28-13)21(31)30-8-6-29(7-9-30)18-5-4-14(12-26-18)22(23,24)25/h2-5,10-12H,6-9H2,1H3. The molecular weight excluding hydrogens is 455 g/mol. The zero-order chi connectivity index (χ0) is 23.2. The Labute approximate surface area is 190 Å². The van der Waals surface area contributed by atoms with Gasteiger partial charge in [-0.1, -0.05) is 11.2 Å². The van der Waals surface area contributed by atoms with Crippen LogP contribution in [0.4, 0.5) is 19.0 Å². The summed E-state index contributed by atoms with van der Waals surface area (Å²) >= 11 is 1.51. The van der Waals surface area contributed by atoms with Gasteiger partial charge in [0.2, 0.25) is 0 Å². The number of halogens is 3. The summed E-state index contributed by atoms with van der Waals surface area (Å²) in [7, 11) is 0. The van der Waals surface area contributed by atoms with Gasteiger partial charge in [0.25, 0.3) is 11.6 Å². The lowest BCUT2D eigenvalue weighted by molar-refractivity contribution is -0.137. The summed E-state index contributed by atoms with van der Waals surface area (Å²) in [6.07, 6.45) is -3.59. The number of alkyl halides is 3. The number of aryl methyl sites for hydroxylation is 1. The lowest BCUT2D eigenvalue weighted by Gasteiger charge is -2.35. The number of hydrogen-bond donors (Lipinski definition) is 0. The van der Waals surface area contributed by atoms with E-state index in [0.29, 0.717) is 60.0 Å². The van der Waals surface area contributed by atoms with Gasteiger partial charge in [-0.2, -0.15) is 13.2 Å². The van der Waals surface area contributed by atoms with E-state index in [1.54, 1.807) is 17.9 Å². The van der Waals surface area contributed by atoms with Gasteiger partial charge in [-0.05, 0) is 36.6 Å². The van der Waals surface area contributed by atoms with Crippen molar-refractivity contribution in [2.75, 3.05) is 31.1 Å². The molecule has 7 nitrogen and oxygen atoms in total. The molecule has 4 aromatic rings. The van der Waals surface area contributed by atoms with Gasteiger partial charge in [0.1, 0.15) is 5.82 Å². The van der Waals surface area contributed by atoms with Crippen LogP contribution in [0.1, 0.15) is 21.6 Å². The largest absolute Gasteiger partial charge is 0.417 e. The van der Waals surface area contributed by atoms with E-state index >= 15 is 0 Å².